The van der Waals surface area contributed by atoms with Crippen molar-refractivity contribution in [2.24, 2.45) is 0 Å². The third kappa shape index (κ3) is 3.53. The fraction of sp³-hybridized carbons (Fsp3) is 0. The molecule has 0 saturated heterocycles. The van der Waals surface area contributed by atoms with E-state index in [1.54, 1.807) is 0 Å². The van der Waals surface area contributed by atoms with Crippen LogP contribution in [0.1, 0.15) is 0 Å². The third-order valence-corrected chi connectivity index (χ3v) is 9.98. The summed E-state index contributed by atoms with van der Waals surface area (Å²) in [5.41, 5.74) is 6.90. The number of para-hydroxylation sites is 2. The Bertz CT molecular complexity index is 2700. The highest BCUT2D eigenvalue weighted by molar-refractivity contribution is 7.27. The van der Waals surface area contributed by atoms with Crippen LogP contribution >= 0.6 is 11.3 Å². The summed E-state index contributed by atoms with van der Waals surface area (Å²) in [7, 11) is 0. The number of hydrogen-bond donors (Lipinski definition) is 0. The van der Waals surface area contributed by atoms with E-state index in [0.717, 1.165) is 61.0 Å². The van der Waals surface area contributed by atoms with E-state index in [0.29, 0.717) is 5.82 Å². The molecular weight excluding hydrogens is 571 g/mol. The maximum atomic E-state index is 6.79. The molecule has 4 heterocycles. The van der Waals surface area contributed by atoms with Crippen molar-refractivity contribution in [3.05, 3.63) is 140 Å². The Morgan fingerprint density at radius 1 is 0.556 bits per heavy atom. The molecule has 0 saturated carbocycles. The molecule has 0 unspecified atom stereocenters. The summed E-state index contributed by atoms with van der Waals surface area (Å²) in [5.74, 6) is 1.51. The molecule has 0 fully saturated rings. The van der Waals surface area contributed by atoms with E-state index in [1.807, 2.05) is 41.7 Å². The van der Waals surface area contributed by atoms with Crippen LogP contribution in [0.15, 0.2) is 144 Å². The van der Waals surface area contributed by atoms with Crippen LogP contribution in [0.2, 0.25) is 0 Å². The molecule has 5 heteroatoms. The largest absolute Gasteiger partial charge is 0.455 e. The zero-order chi connectivity index (χ0) is 29.5. The molecule has 10 rings (SSSR count). The average molecular weight is 594 g/mol. The number of hydrogen-bond acceptors (Lipinski definition) is 4. The van der Waals surface area contributed by atoms with Gasteiger partial charge in [0.15, 0.2) is 5.82 Å². The van der Waals surface area contributed by atoms with E-state index in [9.17, 15) is 0 Å². The van der Waals surface area contributed by atoms with Crippen LogP contribution in [0.25, 0.3) is 92.4 Å². The van der Waals surface area contributed by atoms with Gasteiger partial charge in [0.1, 0.15) is 17.0 Å². The highest BCUT2D eigenvalue weighted by atomic mass is 32.1. The smallest absolute Gasteiger partial charge is 0.162 e. The SMILES string of the molecule is c1ccc(-c2cc(-n3c4ccccc4c4c5oc6ccccc6c5c5c6ccccc6sc5c43)nc(-c3ccccc3)n2)cc1. The maximum absolute atomic E-state index is 6.79. The Balaban J connectivity index is 1.44. The highest BCUT2D eigenvalue weighted by Gasteiger charge is 2.26. The summed E-state index contributed by atoms with van der Waals surface area (Å²) in [6.07, 6.45) is 0. The fourth-order valence-electron chi connectivity index (χ4n) is 6.87. The molecule has 4 aromatic heterocycles. The van der Waals surface area contributed by atoms with Gasteiger partial charge in [-0.15, -0.1) is 11.3 Å². The van der Waals surface area contributed by atoms with Crippen molar-refractivity contribution in [1.29, 1.82) is 0 Å². The van der Waals surface area contributed by atoms with Crippen molar-refractivity contribution < 1.29 is 4.42 Å². The second-order valence-corrected chi connectivity index (χ2v) is 12.4. The molecular formula is C40H23N3OS. The lowest BCUT2D eigenvalue weighted by Gasteiger charge is -2.12. The Morgan fingerprint density at radius 2 is 1.22 bits per heavy atom. The normalized spacial score (nSPS) is 12.0. The van der Waals surface area contributed by atoms with Crippen molar-refractivity contribution in [3.8, 4) is 28.5 Å². The van der Waals surface area contributed by atoms with Gasteiger partial charge in [-0.05, 0) is 18.2 Å². The molecule has 0 N–H and O–H groups in total. The standard InChI is InChI=1S/C40H23N3OS/c1-3-13-24(14-4-1)29-23-33(42-40(41-29)25-15-5-2-6-16-25)43-30-20-10-7-17-26(30)36-37(43)39-35(28-19-9-12-22-32(28)45-39)34-27-18-8-11-21-31(27)44-38(34)36/h1-23H. The van der Waals surface area contributed by atoms with Gasteiger partial charge in [0.05, 0.1) is 26.8 Å². The molecule has 6 aromatic carbocycles. The zero-order valence-electron chi connectivity index (χ0n) is 23.9. The van der Waals surface area contributed by atoms with Gasteiger partial charge in [0.2, 0.25) is 0 Å². The number of benzene rings is 6. The molecule has 0 radical (unpaired) electrons. The third-order valence-electron chi connectivity index (χ3n) is 8.80. The van der Waals surface area contributed by atoms with Crippen LogP contribution < -0.4 is 0 Å². The summed E-state index contributed by atoms with van der Waals surface area (Å²) in [5, 5.41) is 7.03. The summed E-state index contributed by atoms with van der Waals surface area (Å²) in [6.45, 7) is 0. The minimum atomic E-state index is 0.690. The van der Waals surface area contributed by atoms with Gasteiger partial charge in [-0.3, -0.25) is 4.57 Å². The van der Waals surface area contributed by atoms with E-state index in [-0.39, 0.29) is 0 Å². The van der Waals surface area contributed by atoms with Gasteiger partial charge in [-0.1, -0.05) is 115 Å². The highest BCUT2D eigenvalue weighted by Crippen LogP contribution is 2.50. The molecule has 0 atom stereocenters. The zero-order valence-corrected chi connectivity index (χ0v) is 24.8. The second kappa shape index (κ2) is 9.36. The maximum Gasteiger partial charge on any atom is 0.162 e. The number of thiophene rings is 1. The number of nitrogens with zero attached hydrogens (tertiary/aromatic N) is 3. The van der Waals surface area contributed by atoms with Gasteiger partial charge >= 0.3 is 0 Å². The molecule has 0 amide bonds. The Morgan fingerprint density at radius 3 is 2.04 bits per heavy atom. The van der Waals surface area contributed by atoms with Crippen LogP contribution in [-0.2, 0) is 0 Å². The first-order valence-corrected chi connectivity index (χ1v) is 15.8. The molecule has 0 spiro atoms. The van der Waals surface area contributed by atoms with Gasteiger partial charge in [0, 0.05) is 48.8 Å². The monoisotopic (exact) mass is 593 g/mol. The minimum Gasteiger partial charge on any atom is -0.455 e. The molecule has 45 heavy (non-hydrogen) atoms. The summed E-state index contributed by atoms with van der Waals surface area (Å²) in [4.78, 5) is 10.4. The van der Waals surface area contributed by atoms with Gasteiger partial charge in [-0.25, -0.2) is 9.97 Å². The molecule has 10 aromatic rings. The second-order valence-electron chi connectivity index (χ2n) is 11.3. The van der Waals surface area contributed by atoms with Gasteiger partial charge < -0.3 is 4.42 Å². The van der Waals surface area contributed by atoms with E-state index >= 15 is 0 Å². The molecule has 0 aliphatic heterocycles. The molecule has 0 aliphatic carbocycles. The van der Waals surface area contributed by atoms with E-state index in [1.165, 1.54) is 25.6 Å². The Kier molecular flexibility index (Phi) is 5.12. The number of fused-ring (bicyclic) bond motifs is 12. The lowest BCUT2D eigenvalue weighted by molar-refractivity contribution is 0.673. The first kappa shape index (κ1) is 24.6. The van der Waals surface area contributed by atoms with Crippen LogP contribution in [0.4, 0.5) is 0 Å². The predicted molar refractivity (Wildman–Crippen MR) is 187 cm³/mol. The lowest BCUT2D eigenvalue weighted by atomic mass is 10.0. The predicted octanol–water partition coefficient (Wildman–Crippen LogP) is 11.2. The van der Waals surface area contributed by atoms with Crippen LogP contribution in [-0.4, -0.2) is 14.5 Å². The van der Waals surface area contributed by atoms with Crippen LogP contribution in [0, 0.1) is 0 Å². The quantitative estimate of drug-likeness (QED) is 0.205. The fourth-order valence-corrected chi connectivity index (χ4v) is 8.13. The minimum absolute atomic E-state index is 0.690. The van der Waals surface area contributed by atoms with E-state index in [2.05, 4.69) is 114 Å². The van der Waals surface area contributed by atoms with Crippen molar-refractivity contribution in [2.75, 3.05) is 0 Å². The van der Waals surface area contributed by atoms with E-state index in [4.69, 9.17) is 14.4 Å². The summed E-state index contributed by atoms with van der Waals surface area (Å²) in [6, 6.07) is 48.4. The van der Waals surface area contributed by atoms with Gasteiger partial charge in [0.25, 0.3) is 0 Å². The molecule has 210 valence electrons. The molecule has 0 bridgehead atoms. The summed E-state index contributed by atoms with van der Waals surface area (Å²) >= 11 is 1.84. The van der Waals surface area contributed by atoms with Crippen molar-refractivity contribution in [1.82, 2.24) is 14.5 Å². The first-order chi connectivity index (χ1) is 22.3. The van der Waals surface area contributed by atoms with Crippen LogP contribution in [0.3, 0.4) is 0 Å². The van der Waals surface area contributed by atoms with Crippen LogP contribution in [0.5, 0.6) is 0 Å². The van der Waals surface area contributed by atoms with Crippen molar-refractivity contribution in [3.63, 3.8) is 0 Å². The Hall–Kier alpha value is -5.78. The Labute approximate surface area is 261 Å². The number of furan rings is 1. The van der Waals surface area contributed by atoms with E-state index < -0.39 is 0 Å². The number of aromatic nitrogens is 3. The summed E-state index contributed by atoms with van der Waals surface area (Å²) < 4.78 is 11.6. The first-order valence-electron chi connectivity index (χ1n) is 15.0. The lowest BCUT2D eigenvalue weighted by Crippen LogP contribution is -2.02. The molecule has 0 aliphatic rings. The molecule has 4 nitrogen and oxygen atoms in total. The van der Waals surface area contributed by atoms with Crippen molar-refractivity contribution >= 4 is 75.3 Å². The average Bonchev–Trinajstić information content (AvgIpc) is 3.78. The number of rotatable bonds is 3. The van der Waals surface area contributed by atoms with Gasteiger partial charge in [-0.2, -0.15) is 0 Å². The van der Waals surface area contributed by atoms with Crippen molar-refractivity contribution in [2.45, 2.75) is 0 Å². The topological polar surface area (TPSA) is 43.9 Å².